The molecule has 4 nitrogen and oxygen atoms in total. The van der Waals surface area contributed by atoms with E-state index < -0.39 is 0 Å². The largest absolute Gasteiger partial charge is 0.497 e. The van der Waals surface area contributed by atoms with Crippen LogP contribution < -0.4 is 21.5 Å². The van der Waals surface area contributed by atoms with E-state index in [-0.39, 0.29) is 0 Å². The lowest BCUT2D eigenvalue weighted by atomic mass is 10.2. The molecule has 0 saturated carbocycles. The van der Waals surface area contributed by atoms with Crippen molar-refractivity contribution in [1.29, 1.82) is 0 Å². The van der Waals surface area contributed by atoms with E-state index in [1.165, 1.54) is 6.20 Å². The van der Waals surface area contributed by atoms with Gasteiger partial charge in [0.25, 0.3) is 0 Å². The van der Waals surface area contributed by atoms with Crippen LogP contribution in [0.4, 0.5) is 0 Å². The van der Waals surface area contributed by atoms with Crippen LogP contribution in [0.25, 0.3) is 0 Å². The van der Waals surface area contributed by atoms with E-state index in [4.69, 9.17) is 16.2 Å². The van der Waals surface area contributed by atoms with Gasteiger partial charge in [0, 0.05) is 12.7 Å². The first kappa shape index (κ1) is 10.2. The second-order valence-electron chi connectivity index (χ2n) is 2.82. The summed E-state index contributed by atoms with van der Waals surface area (Å²) in [6, 6.07) is 7.74. The van der Waals surface area contributed by atoms with E-state index in [9.17, 15) is 0 Å². The lowest BCUT2D eigenvalue weighted by molar-refractivity contribution is 0.414. The monoisotopic (exact) mass is 193 g/mol. The molecule has 76 valence electrons. The molecule has 1 aromatic rings. The Morgan fingerprint density at radius 1 is 1.43 bits per heavy atom. The summed E-state index contributed by atoms with van der Waals surface area (Å²) in [6.07, 6.45) is 1.34. The zero-order valence-electron chi connectivity index (χ0n) is 8.16. The molecule has 0 aliphatic carbocycles. The molecule has 0 aliphatic rings. The molecule has 14 heavy (non-hydrogen) atoms. The van der Waals surface area contributed by atoms with E-state index >= 15 is 0 Å². The van der Waals surface area contributed by atoms with Crippen molar-refractivity contribution in [2.45, 2.75) is 6.54 Å². The average molecular weight is 193 g/mol. The second kappa shape index (κ2) is 5.01. The Morgan fingerprint density at radius 2 is 2.07 bits per heavy atom. The first-order chi connectivity index (χ1) is 6.76. The second-order valence-corrected chi connectivity index (χ2v) is 2.82. The van der Waals surface area contributed by atoms with Crippen LogP contribution in [0.2, 0.25) is 0 Å². The zero-order valence-corrected chi connectivity index (χ0v) is 8.16. The molecule has 0 radical (unpaired) electrons. The molecule has 0 atom stereocenters. The van der Waals surface area contributed by atoms with Gasteiger partial charge in [-0.3, -0.25) is 0 Å². The molecule has 1 rings (SSSR count). The predicted octanol–water partition coefficient (Wildman–Crippen LogP) is 0.501. The quantitative estimate of drug-likeness (QED) is 0.651. The summed E-state index contributed by atoms with van der Waals surface area (Å²) in [5.74, 6) is 1.32. The number of ether oxygens (including phenoxy) is 1. The minimum Gasteiger partial charge on any atom is -0.497 e. The topological polar surface area (TPSA) is 73.3 Å². The fourth-order valence-corrected chi connectivity index (χ4v) is 1.01. The van der Waals surface area contributed by atoms with Gasteiger partial charge < -0.3 is 21.5 Å². The van der Waals surface area contributed by atoms with Gasteiger partial charge >= 0.3 is 0 Å². The Kier molecular flexibility index (Phi) is 3.67. The molecule has 4 heteroatoms. The van der Waals surface area contributed by atoms with Crippen LogP contribution in [0.3, 0.4) is 0 Å². The molecule has 0 aliphatic heterocycles. The van der Waals surface area contributed by atoms with Gasteiger partial charge in [-0.15, -0.1) is 0 Å². The predicted molar refractivity (Wildman–Crippen MR) is 56.3 cm³/mol. The number of hydrogen-bond acceptors (Lipinski definition) is 4. The van der Waals surface area contributed by atoms with Crippen LogP contribution in [-0.4, -0.2) is 7.11 Å². The van der Waals surface area contributed by atoms with Crippen molar-refractivity contribution in [1.82, 2.24) is 5.32 Å². The molecule has 1 aromatic carbocycles. The Morgan fingerprint density at radius 3 is 2.57 bits per heavy atom. The van der Waals surface area contributed by atoms with Gasteiger partial charge in [-0.2, -0.15) is 0 Å². The molecule has 0 amide bonds. The summed E-state index contributed by atoms with van der Waals surface area (Å²) in [6.45, 7) is 0.656. The highest BCUT2D eigenvalue weighted by molar-refractivity contribution is 5.27. The number of hydrogen-bond donors (Lipinski definition) is 3. The summed E-state index contributed by atoms with van der Waals surface area (Å²) in [7, 11) is 1.64. The summed E-state index contributed by atoms with van der Waals surface area (Å²) in [5.41, 5.74) is 11.8. The van der Waals surface area contributed by atoms with Gasteiger partial charge in [0.15, 0.2) is 0 Å². The lowest BCUT2D eigenvalue weighted by Crippen LogP contribution is -2.20. The molecular weight excluding hydrogens is 178 g/mol. The van der Waals surface area contributed by atoms with Crippen LogP contribution in [0.1, 0.15) is 5.56 Å². The van der Waals surface area contributed by atoms with E-state index in [1.54, 1.807) is 7.11 Å². The maximum absolute atomic E-state index is 5.48. The fraction of sp³-hybridized carbons (Fsp3) is 0.200. The third-order valence-electron chi connectivity index (χ3n) is 1.84. The molecular formula is C10H15N3O. The molecule has 0 spiro atoms. The van der Waals surface area contributed by atoms with Crippen molar-refractivity contribution in [3.63, 3.8) is 0 Å². The molecule has 0 aromatic heterocycles. The Hall–Kier alpha value is -1.84. The van der Waals surface area contributed by atoms with E-state index in [1.807, 2.05) is 24.3 Å². The van der Waals surface area contributed by atoms with Crippen molar-refractivity contribution in [2.24, 2.45) is 11.5 Å². The smallest absolute Gasteiger partial charge is 0.118 e. The zero-order chi connectivity index (χ0) is 10.4. The molecule has 0 fully saturated rings. The molecule has 0 heterocycles. The van der Waals surface area contributed by atoms with Crippen LogP contribution in [0.15, 0.2) is 36.3 Å². The van der Waals surface area contributed by atoms with Gasteiger partial charge in [-0.25, -0.2) is 0 Å². The molecule has 0 unspecified atom stereocenters. The van der Waals surface area contributed by atoms with E-state index in [0.717, 1.165) is 11.3 Å². The average Bonchev–Trinajstić information content (AvgIpc) is 2.26. The van der Waals surface area contributed by atoms with Crippen LogP contribution in [-0.2, 0) is 6.54 Å². The van der Waals surface area contributed by atoms with Gasteiger partial charge in [0.1, 0.15) is 11.6 Å². The first-order valence-electron chi connectivity index (χ1n) is 4.30. The molecule has 5 N–H and O–H groups in total. The maximum atomic E-state index is 5.48. The highest BCUT2D eigenvalue weighted by atomic mass is 16.5. The fourth-order valence-electron chi connectivity index (χ4n) is 1.01. The van der Waals surface area contributed by atoms with Crippen molar-refractivity contribution in [3.05, 3.63) is 41.8 Å². The van der Waals surface area contributed by atoms with E-state index in [0.29, 0.717) is 12.4 Å². The third kappa shape index (κ3) is 2.90. The van der Waals surface area contributed by atoms with Gasteiger partial charge in [0.2, 0.25) is 0 Å². The molecule has 0 bridgehead atoms. The number of rotatable bonds is 4. The normalized spacial score (nSPS) is 11.1. The maximum Gasteiger partial charge on any atom is 0.118 e. The highest BCUT2D eigenvalue weighted by Crippen LogP contribution is 2.10. The molecule has 0 saturated heterocycles. The number of nitrogens with one attached hydrogen (secondary N) is 1. The summed E-state index contributed by atoms with van der Waals surface area (Å²) < 4.78 is 5.04. The van der Waals surface area contributed by atoms with E-state index in [2.05, 4.69) is 5.32 Å². The van der Waals surface area contributed by atoms with Crippen LogP contribution >= 0.6 is 0 Å². The van der Waals surface area contributed by atoms with Gasteiger partial charge in [-0.1, -0.05) is 12.1 Å². The Balaban J connectivity index is 2.52. The SMILES string of the molecule is COc1ccc(CN/C(N)=C/N)cc1. The van der Waals surface area contributed by atoms with Crippen molar-refractivity contribution >= 4 is 0 Å². The van der Waals surface area contributed by atoms with Gasteiger partial charge in [0.05, 0.1) is 7.11 Å². The Bertz CT molecular complexity index is 306. The van der Waals surface area contributed by atoms with Crippen molar-refractivity contribution in [2.75, 3.05) is 7.11 Å². The summed E-state index contributed by atoms with van der Waals surface area (Å²) in [4.78, 5) is 0. The van der Waals surface area contributed by atoms with Crippen molar-refractivity contribution in [3.8, 4) is 5.75 Å². The van der Waals surface area contributed by atoms with Crippen LogP contribution in [0, 0.1) is 0 Å². The van der Waals surface area contributed by atoms with Crippen molar-refractivity contribution < 1.29 is 4.74 Å². The Labute approximate surface area is 83.5 Å². The number of methoxy groups -OCH3 is 1. The van der Waals surface area contributed by atoms with Gasteiger partial charge in [-0.05, 0) is 17.7 Å². The highest BCUT2D eigenvalue weighted by Gasteiger charge is 1.94. The number of benzene rings is 1. The minimum atomic E-state index is 0.473. The standard InChI is InChI=1S/C10H15N3O/c1-14-9-4-2-8(3-5-9)7-13-10(12)6-11/h2-6,13H,7,11-12H2,1H3/b10-6+. The minimum absolute atomic E-state index is 0.473. The lowest BCUT2D eigenvalue weighted by Gasteiger charge is -2.06. The van der Waals surface area contributed by atoms with Crippen LogP contribution in [0.5, 0.6) is 5.75 Å². The first-order valence-corrected chi connectivity index (χ1v) is 4.30. The summed E-state index contributed by atoms with van der Waals surface area (Å²) >= 11 is 0. The third-order valence-corrected chi connectivity index (χ3v) is 1.84. The number of nitrogens with two attached hydrogens (primary N) is 2. The summed E-state index contributed by atoms with van der Waals surface area (Å²) in [5, 5.41) is 2.96.